The van der Waals surface area contributed by atoms with Gasteiger partial charge in [0.25, 0.3) is 0 Å². The van der Waals surface area contributed by atoms with E-state index in [-0.39, 0.29) is 17.9 Å². The average molecular weight is 345 g/mol. The van der Waals surface area contributed by atoms with E-state index in [9.17, 15) is 18.0 Å². The molecule has 0 N–H and O–H groups in total. The monoisotopic (exact) mass is 345 g/mol. The first-order chi connectivity index (χ1) is 11.8. The molecule has 3 aromatic rings. The van der Waals surface area contributed by atoms with Gasteiger partial charge in [-0.3, -0.25) is 4.98 Å². The summed E-state index contributed by atoms with van der Waals surface area (Å²) in [7, 11) is 5.61. The van der Waals surface area contributed by atoms with Crippen molar-refractivity contribution in [2.45, 2.75) is 13.1 Å². The van der Waals surface area contributed by atoms with E-state index in [0.29, 0.717) is 15.6 Å². The fourth-order valence-electron chi connectivity index (χ4n) is 2.50. The van der Waals surface area contributed by atoms with E-state index < -0.39 is 23.4 Å². The smallest absolute Gasteiger partial charge is 0.434 e. The molecule has 0 fully saturated rings. The van der Waals surface area contributed by atoms with Gasteiger partial charge in [-0.2, -0.15) is 18.3 Å². The summed E-state index contributed by atoms with van der Waals surface area (Å²) in [5.74, 6) is -1.08. The summed E-state index contributed by atoms with van der Waals surface area (Å²) < 4.78 is 46.1. The standard InChI is InChI=1S/C16H11BF3N3O2/c1-2-25-15(24)10-8-21-23(14(10)16(18,19)20)12-5-3-4-11-9(12)6-7-13(17)22-11/h3-8H,2H2,1H3. The van der Waals surface area contributed by atoms with E-state index in [0.717, 1.165) is 6.20 Å². The number of hydrogen-bond donors (Lipinski definition) is 0. The molecule has 0 saturated carbocycles. The highest BCUT2D eigenvalue weighted by Gasteiger charge is 2.41. The number of aromatic nitrogens is 3. The van der Waals surface area contributed by atoms with Crippen molar-refractivity contribution >= 4 is 30.3 Å². The lowest BCUT2D eigenvalue weighted by Crippen LogP contribution is -2.19. The third-order valence-corrected chi connectivity index (χ3v) is 3.49. The van der Waals surface area contributed by atoms with Crippen molar-refractivity contribution in [3.05, 3.63) is 47.8 Å². The van der Waals surface area contributed by atoms with Crippen molar-refractivity contribution in [3.8, 4) is 5.69 Å². The van der Waals surface area contributed by atoms with Crippen LogP contribution in [0.15, 0.2) is 36.5 Å². The second kappa shape index (κ2) is 6.23. The van der Waals surface area contributed by atoms with Gasteiger partial charge in [-0.05, 0) is 30.7 Å². The van der Waals surface area contributed by atoms with Crippen molar-refractivity contribution in [1.82, 2.24) is 14.8 Å². The predicted molar refractivity (Wildman–Crippen MR) is 85.2 cm³/mol. The normalized spacial score (nSPS) is 11.7. The van der Waals surface area contributed by atoms with Gasteiger partial charge in [-0.25, -0.2) is 9.48 Å². The highest BCUT2D eigenvalue weighted by atomic mass is 19.4. The number of hydrogen-bond acceptors (Lipinski definition) is 4. The third-order valence-electron chi connectivity index (χ3n) is 3.49. The van der Waals surface area contributed by atoms with Gasteiger partial charge in [0.05, 0.1) is 24.0 Å². The van der Waals surface area contributed by atoms with Crippen LogP contribution in [-0.2, 0) is 10.9 Å². The molecule has 1 aromatic carbocycles. The number of carbonyl (C=O) groups excluding carboxylic acids is 1. The summed E-state index contributed by atoms with van der Waals surface area (Å²) in [4.78, 5) is 15.9. The average Bonchev–Trinajstić information content (AvgIpc) is 2.99. The van der Waals surface area contributed by atoms with Gasteiger partial charge in [0.15, 0.2) is 5.69 Å². The molecule has 5 nitrogen and oxygen atoms in total. The summed E-state index contributed by atoms with van der Waals surface area (Å²) in [6.45, 7) is 1.47. The van der Waals surface area contributed by atoms with Gasteiger partial charge < -0.3 is 4.74 Å². The number of benzene rings is 1. The van der Waals surface area contributed by atoms with Gasteiger partial charge in [0.1, 0.15) is 13.4 Å². The Morgan fingerprint density at radius 3 is 2.72 bits per heavy atom. The molecular weight excluding hydrogens is 334 g/mol. The zero-order valence-corrected chi connectivity index (χ0v) is 13.0. The van der Waals surface area contributed by atoms with Gasteiger partial charge in [-0.1, -0.05) is 12.1 Å². The largest absolute Gasteiger partial charge is 0.462 e. The zero-order chi connectivity index (χ0) is 18.2. The van der Waals surface area contributed by atoms with E-state index in [1.165, 1.54) is 25.1 Å². The molecule has 0 bridgehead atoms. The molecule has 3 rings (SSSR count). The van der Waals surface area contributed by atoms with Crippen LogP contribution in [0.2, 0.25) is 0 Å². The predicted octanol–water partition coefficient (Wildman–Crippen LogP) is 2.41. The van der Waals surface area contributed by atoms with Crippen LogP contribution in [0.1, 0.15) is 23.0 Å². The minimum Gasteiger partial charge on any atom is -0.462 e. The molecule has 0 unspecified atom stereocenters. The molecule has 9 heteroatoms. The Morgan fingerprint density at radius 1 is 1.28 bits per heavy atom. The first kappa shape index (κ1) is 17.0. The molecule has 0 amide bonds. The molecule has 2 aromatic heterocycles. The van der Waals surface area contributed by atoms with Crippen molar-refractivity contribution in [2.24, 2.45) is 0 Å². The summed E-state index contributed by atoms with van der Waals surface area (Å²) in [6, 6.07) is 7.65. The molecule has 0 saturated heterocycles. The summed E-state index contributed by atoms with van der Waals surface area (Å²) >= 11 is 0. The fraction of sp³-hybridized carbons (Fsp3) is 0.188. The fourth-order valence-corrected chi connectivity index (χ4v) is 2.50. The number of esters is 1. The van der Waals surface area contributed by atoms with E-state index in [1.54, 1.807) is 12.1 Å². The van der Waals surface area contributed by atoms with Crippen molar-refractivity contribution < 1.29 is 22.7 Å². The number of pyridine rings is 1. The molecule has 0 aliphatic heterocycles. The minimum atomic E-state index is -4.80. The van der Waals surface area contributed by atoms with Gasteiger partial charge in [-0.15, -0.1) is 0 Å². The molecule has 0 aliphatic rings. The van der Waals surface area contributed by atoms with Gasteiger partial charge >= 0.3 is 12.1 Å². The third kappa shape index (κ3) is 3.09. The Hall–Kier alpha value is -2.84. The lowest BCUT2D eigenvalue weighted by Gasteiger charge is -2.14. The quantitative estimate of drug-likeness (QED) is 0.540. The maximum absolute atomic E-state index is 13.6. The number of ether oxygens (including phenoxy) is 1. The Balaban J connectivity index is 2.27. The van der Waals surface area contributed by atoms with Crippen LogP contribution >= 0.6 is 0 Å². The van der Waals surface area contributed by atoms with E-state index in [2.05, 4.69) is 10.1 Å². The summed E-state index contributed by atoms with van der Waals surface area (Å²) in [6.07, 6.45) is -3.95. The Labute approximate surface area is 141 Å². The molecule has 0 atom stereocenters. The molecule has 2 heterocycles. The Morgan fingerprint density at radius 2 is 2.04 bits per heavy atom. The van der Waals surface area contributed by atoms with Gasteiger partial charge in [0.2, 0.25) is 0 Å². The Bertz CT molecular complexity index is 953. The van der Waals surface area contributed by atoms with E-state index >= 15 is 0 Å². The van der Waals surface area contributed by atoms with Crippen LogP contribution < -0.4 is 5.59 Å². The lowest BCUT2D eigenvalue weighted by atomic mass is 10.0. The Kier molecular flexibility index (Phi) is 4.24. The second-order valence-corrected chi connectivity index (χ2v) is 5.12. The molecule has 0 aliphatic carbocycles. The van der Waals surface area contributed by atoms with Crippen LogP contribution in [0.5, 0.6) is 0 Å². The van der Waals surface area contributed by atoms with Crippen LogP contribution in [0, 0.1) is 0 Å². The molecule has 126 valence electrons. The maximum atomic E-state index is 13.6. The van der Waals surface area contributed by atoms with E-state index in [1.807, 2.05) is 0 Å². The topological polar surface area (TPSA) is 57.0 Å². The van der Waals surface area contributed by atoms with E-state index in [4.69, 9.17) is 12.6 Å². The number of fused-ring (bicyclic) bond motifs is 1. The highest BCUT2D eigenvalue weighted by molar-refractivity contribution is 6.31. The van der Waals surface area contributed by atoms with Crippen molar-refractivity contribution in [1.29, 1.82) is 0 Å². The number of rotatable bonds is 3. The molecular formula is C16H11BF3N3O2. The van der Waals surface area contributed by atoms with Gasteiger partial charge in [0, 0.05) is 5.39 Å². The second-order valence-electron chi connectivity index (χ2n) is 5.12. The highest BCUT2D eigenvalue weighted by Crippen LogP contribution is 2.35. The van der Waals surface area contributed by atoms with Crippen LogP contribution in [-0.4, -0.2) is 35.2 Å². The number of alkyl halides is 3. The summed E-state index contributed by atoms with van der Waals surface area (Å²) in [5, 5.41) is 4.18. The first-order valence-electron chi connectivity index (χ1n) is 7.31. The summed E-state index contributed by atoms with van der Waals surface area (Å²) in [5.41, 5.74) is -1.05. The minimum absolute atomic E-state index is 0.0429. The molecule has 0 spiro atoms. The number of nitrogens with zero attached hydrogens (tertiary/aromatic N) is 3. The number of halogens is 3. The maximum Gasteiger partial charge on any atom is 0.434 e. The zero-order valence-electron chi connectivity index (χ0n) is 13.0. The van der Waals surface area contributed by atoms with Crippen LogP contribution in [0.4, 0.5) is 13.2 Å². The van der Waals surface area contributed by atoms with Crippen molar-refractivity contribution in [2.75, 3.05) is 6.61 Å². The molecule has 2 radical (unpaired) electrons. The van der Waals surface area contributed by atoms with Crippen molar-refractivity contribution in [3.63, 3.8) is 0 Å². The molecule has 25 heavy (non-hydrogen) atoms. The van der Waals surface area contributed by atoms with Crippen LogP contribution in [0.25, 0.3) is 16.6 Å². The lowest BCUT2D eigenvalue weighted by molar-refractivity contribution is -0.143. The number of carbonyl (C=O) groups is 1. The first-order valence-corrected chi connectivity index (χ1v) is 7.31. The SMILES string of the molecule is [B]c1ccc2c(-n3ncc(C(=O)OCC)c3C(F)(F)F)cccc2n1. The van der Waals surface area contributed by atoms with Crippen LogP contribution in [0.3, 0.4) is 0 Å².